The van der Waals surface area contributed by atoms with Crippen molar-refractivity contribution in [1.82, 2.24) is 10.2 Å². The largest absolute Gasteiger partial charge is 0.493 e. The molecular formula is C16H27ClN2O2. The first kappa shape index (κ1) is 18.1. The number of hydrogen-bond acceptors (Lipinski definition) is 4. The number of hydrogen-bond donors (Lipinski definition) is 1. The van der Waals surface area contributed by atoms with E-state index in [0.29, 0.717) is 6.61 Å². The average molecular weight is 315 g/mol. The van der Waals surface area contributed by atoms with Gasteiger partial charge >= 0.3 is 0 Å². The molecule has 5 heteroatoms. The molecule has 1 heterocycles. The minimum Gasteiger partial charge on any atom is -0.493 e. The van der Waals surface area contributed by atoms with Crippen LogP contribution in [-0.2, 0) is 0 Å². The molecule has 0 spiro atoms. The lowest BCUT2D eigenvalue weighted by Gasteiger charge is -2.27. The highest BCUT2D eigenvalue weighted by atomic mass is 35.5. The lowest BCUT2D eigenvalue weighted by molar-refractivity contribution is 0.196. The number of methoxy groups -OCH3 is 1. The molecule has 1 N–H and O–H groups in total. The smallest absolute Gasteiger partial charge is 0.161 e. The zero-order valence-corrected chi connectivity index (χ0v) is 13.8. The zero-order valence-electron chi connectivity index (χ0n) is 13.0. The highest BCUT2D eigenvalue weighted by molar-refractivity contribution is 5.85. The topological polar surface area (TPSA) is 33.7 Å². The van der Waals surface area contributed by atoms with Gasteiger partial charge in [0.05, 0.1) is 7.11 Å². The SMILES string of the molecule is COc1ccccc1OCCN(C)CC1CCNCC1.Cl. The molecule has 1 fully saturated rings. The second-order valence-corrected chi connectivity index (χ2v) is 5.45. The molecule has 0 aliphatic carbocycles. The third kappa shape index (κ3) is 6.12. The van der Waals surface area contributed by atoms with Gasteiger partial charge in [-0.15, -0.1) is 12.4 Å². The van der Waals surface area contributed by atoms with Crippen LogP contribution in [0.25, 0.3) is 0 Å². The predicted molar refractivity (Wildman–Crippen MR) is 88.8 cm³/mol. The summed E-state index contributed by atoms with van der Waals surface area (Å²) in [4.78, 5) is 2.37. The molecule has 0 amide bonds. The number of nitrogens with one attached hydrogen (secondary N) is 1. The van der Waals surface area contributed by atoms with Crippen LogP contribution in [0.15, 0.2) is 24.3 Å². The monoisotopic (exact) mass is 314 g/mol. The molecule has 1 aliphatic heterocycles. The van der Waals surface area contributed by atoms with Crippen LogP contribution >= 0.6 is 12.4 Å². The van der Waals surface area contributed by atoms with Crippen LogP contribution in [0.3, 0.4) is 0 Å². The van der Waals surface area contributed by atoms with Crippen LogP contribution in [0.5, 0.6) is 11.5 Å². The minimum atomic E-state index is 0. The first-order chi connectivity index (χ1) is 9.79. The molecule has 1 aromatic rings. The van der Waals surface area contributed by atoms with Crippen molar-refractivity contribution in [2.75, 3.05) is 46.9 Å². The van der Waals surface area contributed by atoms with Crippen molar-refractivity contribution in [2.45, 2.75) is 12.8 Å². The maximum atomic E-state index is 5.81. The number of para-hydroxylation sites is 2. The Labute approximate surface area is 134 Å². The lowest BCUT2D eigenvalue weighted by Crippen LogP contribution is -2.36. The van der Waals surface area contributed by atoms with Crippen molar-refractivity contribution >= 4 is 12.4 Å². The summed E-state index contributed by atoms with van der Waals surface area (Å²) in [5.74, 6) is 2.45. The van der Waals surface area contributed by atoms with E-state index in [-0.39, 0.29) is 12.4 Å². The van der Waals surface area contributed by atoms with Gasteiger partial charge < -0.3 is 19.7 Å². The second-order valence-electron chi connectivity index (χ2n) is 5.45. The van der Waals surface area contributed by atoms with Crippen LogP contribution in [0.2, 0.25) is 0 Å². The molecule has 1 aromatic carbocycles. The first-order valence-electron chi connectivity index (χ1n) is 7.44. The second kappa shape index (κ2) is 9.87. The maximum absolute atomic E-state index is 5.81. The Bertz CT molecular complexity index is 398. The predicted octanol–water partition coefficient (Wildman–Crippen LogP) is 2.43. The van der Waals surface area contributed by atoms with Gasteiger partial charge in [-0.25, -0.2) is 0 Å². The Morgan fingerprint density at radius 3 is 2.52 bits per heavy atom. The van der Waals surface area contributed by atoms with E-state index in [9.17, 15) is 0 Å². The van der Waals surface area contributed by atoms with Crippen molar-refractivity contribution < 1.29 is 9.47 Å². The molecule has 120 valence electrons. The number of piperidine rings is 1. The van der Waals surface area contributed by atoms with Crippen molar-refractivity contribution in [1.29, 1.82) is 0 Å². The van der Waals surface area contributed by atoms with E-state index >= 15 is 0 Å². The summed E-state index contributed by atoms with van der Waals surface area (Å²) in [6, 6.07) is 7.80. The third-order valence-electron chi connectivity index (χ3n) is 3.83. The summed E-state index contributed by atoms with van der Waals surface area (Å²) < 4.78 is 11.1. The molecule has 0 saturated carbocycles. The molecule has 0 bridgehead atoms. The van der Waals surface area contributed by atoms with E-state index in [4.69, 9.17) is 9.47 Å². The highest BCUT2D eigenvalue weighted by Crippen LogP contribution is 2.25. The van der Waals surface area contributed by atoms with Gasteiger partial charge in [0.15, 0.2) is 11.5 Å². The minimum absolute atomic E-state index is 0. The number of likely N-dealkylation sites (N-methyl/N-ethyl adjacent to an activating group) is 1. The van der Waals surface area contributed by atoms with Crippen LogP contribution in [0.4, 0.5) is 0 Å². The van der Waals surface area contributed by atoms with E-state index in [0.717, 1.165) is 43.6 Å². The third-order valence-corrected chi connectivity index (χ3v) is 3.83. The normalized spacial score (nSPS) is 15.6. The molecule has 0 atom stereocenters. The molecular weight excluding hydrogens is 288 g/mol. The van der Waals surface area contributed by atoms with Gasteiger partial charge in [0.2, 0.25) is 0 Å². The van der Waals surface area contributed by atoms with E-state index in [2.05, 4.69) is 17.3 Å². The molecule has 1 aliphatic rings. The highest BCUT2D eigenvalue weighted by Gasteiger charge is 2.14. The Balaban J connectivity index is 0.00000220. The fraction of sp³-hybridized carbons (Fsp3) is 0.625. The fourth-order valence-electron chi connectivity index (χ4n) is 2.65. The molecule has 0 unspecified atom stereocenters. The Kier molecular flexibility index (Phi) is 8.50. The molecule has 2 rings (SSSR count). The van der Waals surface area contributed by atoms with E-state index in [1.807, 2.05) is 24.3 Å². The van der Waals surface area contributed by atoms with Gasteiger partial charge in [-0.1, -0.05) is 12.1 Å². The van der Waals surface area contributed by atoms with Crippen LogP contribution in [-0.4, -0.2) is 51.8 Å². The molecule has 1 saturated heterocycles. The van der Waals surface area contributed by atoms with Crippen molar-refractivity contribution in [3.63, 3.8) is 0 Å². The zero-order chi connectivity index (χ0) is 14.2. The standard InChI is InChI=1S/C16H26N2O2.ClH/c1-18(13-14-7-9-17-10-8-14)11-12-20-16-6-4-3-5-15(16)19-2;/h3-6,14,17H,7-13H2,1-2H3;1H. The number of nitrogens with zero attached hydrogens (tertiary/aromatic N) is 1. The molecule has 4 nitrogen and oxygen atoms in total. The maximum Gasteiger partial charge on any atom is 0.161 e. The van der Waals surface area contributed by atoms with Crippen LogP contribution < -0.4 is 14.8 Å². The van der Waals surface area contributed by atoms with Gasteiger partial charge in [-0.2, -0.15) is 0 Å². The van der Waals surface area contributed by atoms with Gasteiger partial charge in [0.1, 0.15) is 6.61 Å². The summed E-state index contributed by atoms with van der Waals surface area (Å²) in [7, 11) is 3.85. The van der Waals surface area contributed by atoms with Gasteiger partial charge in [-0.3, -0.25) is 0 Å². The molecule has 0 radical (unpaired) electrons. The number of rotatable bonds is 7. The summed E-state index contributed by atoms with van der Waals surface area (Å²) in [5, 5.41) is 3.41. The summed E-state index contributed by atoms with van der Waals surface area (Å²) in [6.07, 6.45) is 2.58. The lowest BCUT2D eigenvalue weighted by atomic mass is 9.98. The molecule has 0 aromatic heterocycles. The number of ether oxygens (including phenoxy) is 2. The number of halogens is 1. The van der Waals surface area contributed by atoms with Crippen molar-refractivity contribution in [2.24, 2.45) is 5.92 Å². The average Bonchev–Trinajstić information content (AvgIpc) is 2.49. The quantitative estimate of drug-likeness (QED) is 0.838. The number of benzene rings is 1. The Morgan fingerprint density at radius 2 is 1.86 bits per heavy atom. The fourth-order valence-corrected chi connectivity index (χ4v) is 2.65. The van der Waals surface area contributed by atoms with Crippen LogP contribution in [0, 0.1) is 5.92 Å². The first-order valence-corrected chi connectivity index (χ1v) is 7.44. The van der Waals surface area contributed by atoms with Gasteiger partial charge in [0, 0.05) is 13.1 Å². The Morgan fingerprint density at radius 1 is 1.19 bits per heavy atom. The van der Waals surface area contributed by atoms with E-state index < -0.39 is 0 Å². The summed E-state index contributed by atoms with van der Waals surface area (Å²) >= 11 is 0. The Hall–Kier alpha value is -0.970. The van der Waals surface area contributed by atoms with E-state index in [1.165, 1.54) is 12.8 Å². The molecule has 21 heavy (non-hydrogen) atoms. The summed E-state index contributed by atoms with van der Waals surface area (Å²) in [6.45, 7) is 5.13. The van der Waals surface area contributed by atoms with Crippen molar-refractivity contribution in [3.05, 3.63) is 24.3 Å². The summed E-state index contributed by atoms with van der Waals surface area (Å²) in [5.41, 5.74) is 0. The van der Waals surface area contributed by atoms with Crippen molar-refractivity contribution in [3.8, 4) is 11.5 Å². The van der Waals surface area contributed by atoms with E-state index in [1.54, 1.807) is 7.11 Å². The van der Waals surface area contributed by atoms with Gasteiger partial charge in [0.25, 0.3) is 0 Å². The van der Waals surface area contributed by atoms with Crippen LogP contribution in [0.1, 0.15) is 12.8 Å². The van der Waals surface area contributed by atoms with Gasteiger partial charge in [-0.05, 0) is 51.0 Å².